The molecule has 176 valence electrons. The number of benzene rings is 5. The molecule has 0 aliphatic carbocycles. The molecule has 6 rings (SSSR count). The highest BCUT2D eigenvalue weighted by molar-refractivity contribution is 6.30. The lowest BCUT2D eigenvalue weighted by Crippen LogP contribution is -1.96. The average molecular weight is 495 g/mol. The smallest absolute Gasteiger partial charge is 0.160 e. The molecule has 0 amide bonds. The van der Waals surface area contributed by atoms with Crippen molar-refractivity contribution in [3.63, 3.8) is 0 Å². The van der Waals surface area contributed by atoms with Gasteiger partial charge in [-0.25, -0.2) is 9.97 Å². The minimum atomic E-state index is 0.702. The third kappa shape index (κ3) is 5.06. The maximum absolute atomic E-state index is 6.11. The van der Waals surface area contributed by atoms with E-state index >= 15 is 0 Å². The van der Waals surface area contributed by atoms with Gasteiger partial charge >= 0.3 is 0 Å². The van der Waals surface area contributed by atoms with Gasteiger partial charge in [0.25, 0.3) is 0 Å². The zero-order valence-corrected chi connectivity index (χ0v) is 20.8. The number of aromatic nitrogens is 2. The first-order valence-corrected chi connectivity index (χ1v) is 12.6. The van der Waals surface area contributed by atoms with E-state index in [0.717, 1.165) is 44.2 Å². The van der Waals surface area contributed by atoms with Gasteiger partial charge in [-0.2, -0.15) is 0 Å². The third-order valence-electron chi connectivity index (χ3n) is 6.38. The highest BCUT2D eigenvalue weighted by Gasteiger charge is 2.12. The van der Waals surface area contributed by atoms with Crippen molar-refractivity contribution in [2.75, 3.05) is 0 Å². The number of nitrogens with zero attached hydrogens (tertiary/aromatic N) is 2. The Morgan fingerprint density at radius 1 is 0.351 bits per heavy atom. The molecule has 0 spiro atoms. The van der Waals surface area contributed by atoms with E-state index in [1.807, 2.05) is 48.5 Å². The maximum Gasteiger partial charge on any atom is 0.160 e. The quantitative estimate of drug-likeness (QED) is 0.238. The van der Waals surface area contributed by atoms with Crippen molar-refractivity contribution in [3.05, 3.63) is 145 Å². The van der Waals surface area contributed by atoms with Gasteiger partial charge in [-0.1, -0.05) is 127 Å². The Hall–Kier alpha value is -4.53. The number of hydrogen-bond acceptors (Lipinski definition) is 2. The second kappa shape index (κ2) is 10.2. The first-order valence-electron chi connectivity index (χ1n) is 12.2. The largest absolute Gasteiger partial charge is 0.228 e. The molecule has 1 heterocycles. The van der Waals surface area contributed by atoms with Crippen LogP contribution in [0.1, 0.15) is 0 Å². The zero-order valence-electron chi connectivity index (χ0n) is 20.1. The van der Waals surface area contributed by atoms with Crippen molar-refractivity contribution in [3.8, 4) is 56.2 Å². The molecule has 0 saturated carbocycles. The van der Waals surface area contributed by atoms with E-state index in [2.05, 4.69) is 91.0 Å². The van der Waals surface area contributed by atoms with Gasteiger partial charge < -0.3 is 0 Å². The van der Waals surface area contributed by atoms with Gasteiger partial charge in [0.15, 0.2) is 5.82 Å². The number of hydrogen-bond donors (Lipinski definition) is 0. The molecule has 37 heavy (non-hydrogen) atoms. The van der Waals surface area contributed by atoms with Crippen LogP contribution in [0.2, 0.25) is 5.02 Å². The molecule has 6 aromatic rings. The summed E-state index contributed by atoms with van der Waals surface area (Å²) in [5, 5.41) is 0.728. The molecule has 0 fully saturated rings. The van der Waals surface area contributed by atoms with Crippen LogP contribution in [-0.4, -0.2) is 9.97 Å². The fourth-order valence-electron chi connectivity index (χ4n) is 4.42. The molecular weight excluding hydrogens is 472 g/mol. The van der Waals surface area contributed by atoms with Crippen molar-refractivity contribution in [1.29, 1.82) is 0 Å². The SMILES string of the molecule is Clc1ccc(-c2cccc(-c3cc(-c4ccccc4)nc(-c4ccc(-c5ccccc5)cc4)n3)c2)cc1. The number of rotatable bonds is 5. The Bertz CT molecular complexity index is 1640. The fraction of sp³-hybridized carbons (Fsp3) is 0. The Morgan fingerprint density at radius 2 is 0.811 bits per heavy atom. The minimum Gasteiger partial charge on any atom is -0.228 e. The van der Waals surface area contributed by atoms with E-state index < -0.39 is 0 Å². The van der Waals surface area contributed by atoms with Crippen LogP contribution in [0.15, 0.2) is 140 Å². The second-order valence-electron chi connectivity index (χ2n) is 8.86. The molecule has 0 aliphatic rings. The molecule has 0 atom stereocenters. The molecule has 0 N–H and O–H groups in total. The topological polar surface area (TPSA) is 25.8 Å². The molecule has 1 aromatic heterocycles. The van der Waals surface area contributed by atoms with Gasteiger partial charge in [0.2, 0.25) is 0 Å². The van der Waals surface area contributed by atoms with E-state index in [1.165, 1.54) is 11.1 Å². The summed E-state index contributed by atoms with van der Waals surface area (Å²) >= 11 is 6.11. The molecule has 0 unspecified atom stereocenters. The Morgan fingerprint density at radius 3 is 1.49 bits per heavy atom. The molecule has 0 bridgehead atoms. The van der Waals surface area contributed by atoms with Crippen LogP contribution in [0.5, 0.6) is 0 Å². The van der Waals surface area contributed by atoms with Crippen LogP contribution >= 0.6 is 11.6 Å². The Balaban J connectivity index is 1.44. The highest BCUT2D eigenvalue weighted by atomic mass is 35.5. The van der Waals surface area contributed by atoms with Crippen molar-refractivity contribution in [1.82, 2.24) is 9.97 Å². The molecular formula is C34H23ClN2. The van der Waals surface area contributed by atoms with Gasteiger partial charge in [0, 0.05) is 21.7 Å². The Kier molecular flexibility index (Phi) is 6.33. The normalized spacial score (nSPS) is 10.8. The van der Waals surface area contributed by atoms with E-state index in [0.29, 0.717) is 5.82 Å². The van der Waals surface area contributed by atoms with Gasteiger partial charge in [-0.15, -0.1) is 0 Å². The summed E-state index contributed by atoms with van der Waals surface area (Å²) in [6.07, 6.45) is 0. The summed E-state index contributed by atoms with van der Waals surface area (Å²) in [5.74, 6) is 0.702. The summed E-state index contributed by atoms with van der Waals surface area (Å²) in [6.45, 7) is 0. The summed E-state index contributed by atoms with van der Waals surface area (Å²) in [6, 6.07) is 47.5. The van der Waals surface area contributed by atoms with Crippen LogP contribution in [0.4, 0.5) is 0 Å². The van der Waals surface area contributed by atoms with Crippen LogP contribution in [-0.2, 0) is 0 Å². The van der Waals surface area contributed by atoms with E-state index in [4.69, 9.17) is 21.6 Å². The molecule has 0 saturated heterocycles. The first kappa shape index (κ1) is 22.9. The van der Waals surface area contributed by atoms with Crippen molar-refractivity contribution < 1.29 is 0 Å². The summed E-state index contributed by atoms with van der Waals surface area (Å²) in [5.41, 5.74) is 9.43. The lowest BCUT2D eigenvalue weighted by atomic mass is 10.0. The lowest BCUT2D eigenvalue weighted by molar-refractivity contribution is 1.18. The molecule has 3 heteroatoms. The standard InChI is InChI=1S/C34H23ClN2/c35-31-20-18-26(19-21-31)29-12-7-13-30(22-29)33-23-32(27-10-5-2-6-11-27)36-34(37-33)28-16-14-25(15-17-28)24-8-3-1-4-9-24/h1-23H. The van der Waals surface area contributed by atoms with Crippen molar-refractivity contribution in [2.24, 2.45) is 0 Å². The van der Waals surface area contributed by atoms with E-state index in [-0.39, 0.29) is 0 Å². The first-order chi connectivity index (χ1) is 18.2. The summed E-state index contributed by atoms with van der Waals surface area (Å²) in [7, 11) is 0. The second-order valence-corrected chi connectivity index (χ2v) is 9.30. The summed E-state index contributed by atoms with van der Waals surface area (Å²) in [4.78, 5) is 9.98. The van der Waals surface area contributed by atoms with Gasteiger partial charge in [-0.05, 0) is 46.5 Å². The minimum absolute atomic E-state index is 0.702. The molecule has 2 nitrogen and oxygen atoms in total. The average Bonchev–Trinajstić information content (AvgIpc) is 2.98. The lowest BCUT2D eigenvalue weighted by Gasteiger charge is -2.11. The predicted octanol–water partition coefficient (Wildman–Crippen LogP) is 9.46. The van der Waals surface area contributed by atoms with Crippen LogP contribution in [0.25, 0.3) is 56.2 Å². The molecule has 0 radical (unpaired) electrons. The third-order valence-corrected chi connectivity index (χ3v) is 6.63. The highest BCUT2D eigenvalue weighted by Crippen LogP contribution is 2.31. The number of halogens is 1. The van der Waals surface area contributed by atoms with E-state index in [9.17, 15) is 0 Å². The van der Waals surface area contributed by atoms with Crippen LogP contribution in [0, 0.1) is 0 Å². The summed E-state index contributed by atoms with van der Waals surface area (Å²) < 4.78 is 0. The van der Waals surface area contributed by atoms with Crippen molar-refractivity contribution >= 4 is 11.6 Å². The monoisotopic (exact) mass is 494 g/mol. The van der Waals surface area contributed by atoms with Gasteiger partial charge in [0.1, 0.15) is 0 Å². The van der Waals surface area contributed by atoms with Crippen molar-refractivity contribution in [2.45, 2.75) is 0 Å². The van der Waals surface area contributed by atoms with Crippen LogP contribution in [0.3, 0.4) is 0 Å². The maximum atomic E-state index is 6.11. The van der Waals surface area contributed by atoms with Crippen LogP contribution < -0.4 is 0 Å². The molecule has 0 aliphatic heterocycles. The van der Waals surface area contributed by atoms with E-state index in [1.54, 1.807) is 0 Å². The fourth-order valence-corrected chi connectivity index (χ4v) is 4.55. The van der Waals surface area contributed by atoms with Gasteiger partial charge in [-0.3, -0.25) is 0 Å². The zero-order chi connectivity index (χ0) is 25.0. The Labute approximate surface area is 221 Å². The van der Waals surface area contributed by atoms with Gasteiger partial charge in [0.05, 0.1) is 11.4 Å². The predicted molar refractivity (Wildman–Crippen MR) is 154 cm³/mol. The molecule has 5 aromatic carbocycles.